The maximum atomic E-state index is 13.9. The molecule has 6 rings (SSSR count). The lowest BCUT2D eigenvalue weighted by atomic mass is 10.0. The molecular formula is C24H32ClN3O5S. The average Bonchev–Trinajstić information content (AvgIpc) is 3.72. The first-order chi connectivity index (χ1) is 16.3. The Labute approximate surface area is 206 Å². The predicted octanol–water partition coefficient (Wildman–Crippen LogP) is 2.96. The van der Waals surface area contributed by atoms with Gasteiger partial charge < -0.3 is 14.4 Å². The molecular weight excluding hydrogens is 478 g/mol. The lowest BCUT2D eigenvalue weighted by molar-refractivity contribution is -0.0792. The van der Waals surface area contributed by atoms with Gasteiger partial charge >= 0.3 is 6.09 Å². The molecule has 2 unspecified atom stereocenters. The van der Waals surface area contributed by atoms with Gasteiger partial charge in [-0.05, 0) is 75.8 Å². The Kier molecular flexibility index (Phi) is 5.65. The molecule has 2 aliphatic carbocycles. The number of carbonyl (C=O) groups is 1. The second-order valence-corrected chi connectivity index (χ2v) is 13.0. The fourth-order valence-electron chi connectivity index (χ4n) is 6.23. The number of sulfonamides is 1. The van der Waals surface area contributed by atoms with E-state index in [1.54, 1.807) is 28.6 Å². The molecule has 10 heteroatoms. The third-order valence-corrected chi connectivity index (χ3v) is 10.5. The average molecular weight is 510 g/mol. The molecule has 1 aromatic carbocycles. The smallest absolute Gasteiger partial charge is 0.410 e. The number of piperazine rings is 1. The Hall–Kier alpha value is -1.39. The van der Waals surface area contributed by atoms with Crippen molar-refractivity contribution < 1.29 is 22.7 Å². The highest BCUT2D eigenvalue weighted by Gasteiger charge is 2.62. The molecule has 1 aromatic rings. The quantitative estimate of drug-likeness (QED) is 0.607. The van der Waals surface area contributed by atoms with Gasteiger partial charge in [-0.2, -0.15) is 4.31 Å². The molecule has 0 aromatic heterocycles. The first-order valence-electron chi connectivity index (χ1n) is 12.4. The maximum absolute atomic E-state index is 13.9. The molecule has 0 N–H and O–H groups in total. The van der Waals surface area contributed by atoms with Gasteiger partial charge in [0.2, 0.25) is 10.0 Å². The number of amides is 1. The van der Waals surface area contributed by atoms with E-state index < -0.39 is 21.7 Å². The monoisotopic (exact) mass is 509 g/mol. The normalized spacial score (nSPS) is 33.6. The van der Waals surface area contributed by atoms with Crippen LogP contribution in [0.5, 0.6) is 0 Å². The number of morpholine rings is 1. The minimum absolute atomic E-state index is 0.169. The van der Waals surface area contributed by atoms with Gasteiger partial charge in [0, 0.05) is 30.2 Å². The Bertz CT molecular complexity index is 1040. The molecule has 8 nitrogen and oxygen atoms in total. The number of likely N-dealkylation sites (tertiary alicyclic amines) is 1. The second-order valence-electron chi connectivity index (χ2n) is 10.7. The van der Waals surface area contributed by atoms with Crippen LogP contribution in [0.3, 0.4) is 0 Å². The van der Waals surface area contributed by atoms with Crippen LogP contribution in [-0.2, 0) is 19.5 Å². The lowest BCUT2D eigenvalue weighted by Crippen LogP contribution is -2.62. The number of hydrogen-bond acceptors (Lipinski definition) is 6. The van der Waals surface area contributed by atoms with E-state index in [0.717, 1.165) is 38.8 Å². The third kappa shape index (κ3) is 3.93. The van der Waals surface area contributed by atoms with E-state index in [9.17, 15) is 13.2 Å². The predicted molar refractivity (Wildman–Crippen MR) is 126 cm³/mol. The molecule has 5 aliphatic rings. The standard InChI is InChI=1S/C24H32ClN3O5S/c1-26-12-18-6-7-19(13-26)27(18)23(29)33-24(10-11-24)22-15-32-14-21(16-2-3-16)28(22)34(30,31)20-8-4-17(25)5-9-20/h4-5,8-9,16,18-19,21-22H,2-3,6-7,10-15H2,1H3/t18?,19?,21-,22+/m0/s1. The van der Waals surface area contributed by atoms with E-state index >= 15 is 0 Å². The van der Waals surface area contributed by atoms with Gasteiger partial charge in [-0.15, -0.1) is 0 Å². The number of likely N-dealkylation sites (N-methyl/N-ethyl adjacent to an activating group) is 1. The van der Waals surface area contributed by atoms with Crippen LogP contribution in [0.15, 0.2) is 29.2 Å². The largest absolute Gasteiger partial charge is 0.441 e. The van der Waals surface area contributed by atoms with Crippen molar-refractivity contribution in [3.8, 4) is 0 Å². The summed E-state index contributed by atoms with van der Waals surface area (Å²) >= 11 is 6.02. The minimum Gasteiger partial charge on any atom is -0.441 e. The molecule has 4 atom stereocenters. The van der Waals surface area contributed by atoms with Crippen LogP contribution in [0.25, 0.3) is 0 Å². The number of carbonyl (C=O) groups excluding carboxylic acids is 1. The maximum Gasteiger partial charge on any atom is 0.410 e. The van der Waals surface area contributed by atoms with Gasteiger partial charge in [0.25, 0.3) is 0 Å². The van der Waals surface area contributed by atoms with Gasteiger partial charge in [0.1, 0.15) is 5.60 Å². The zero-order valence-electron chi connectivity index (χ0n) is 19.4. The zero-order valence-corrected chi connectivity index (χ0v) is 21.0. The fourth-order valence-corrected chi connectivity index (χ4v) is 8.25. The van der Waals surface area contributed by atoms with E-state index in [-0.39, 0.29) is 41.6 Å². The molecule has 186 valence electrons. The number of rotatable bonds is 5. The Morgan fingerprint density at radius 2 is 1.71 bits per heavy atom. The zero-order chi connectivity index (χ0) is 23.7. The molecule has 1 amide bonds. The number of hydrogen-bond donors (Lipinski definition) is 0. The topological polar surface area (TPSA) is 79.4 Å². The summed E-state index contributed by atoms with van der Waals surface area (Å²) in [6.07, 6.45) is 4.97. The van der Waals surface area contributed by atoms with Crippen LogP contribution in [0.4, 0.5) is 4.79 Å². The third-order valence-electron chi connectivity index (χ3n) is 8.27. The van der Waals surface area contributed by atoms with E-state index in [1.165, 1.54) is 0 Å². The van der Waals surface area contributed by atoms with E-state index in [1.807, 2.05) is 4.90 Å². The highest BCUT2D eigenvalue weighted by Crippen LogP contribution is 2.51. The van der Waals surface area contributed by atoms with Crippen molar-refractivity contribution in [2.24, 2.45) is 5.92 Å². The molecule has 3 heterocycles. The van der Waals surface area contributed by atoms with Crippen molar-refractivity contribution in [1.29, 1.82) is 0 Å². The number of nitrogens with zero attached hydrogens (tertiary/aromatic N) is 3. The summed E-state index contributed by atoms with van der Waals surface area (Å²) < 4.78 is 41.7. The van der Waals surface area contributed by atoms with Crippen LogP contribution in [-0.4, -0.2) is 91.7 Å². The molecule has 0 spiro atoms. The second kappa shape index (κ2) is 8.34. The first-order valence-corrected chi connectivity index (χ1v) is 14.2. The summed E-state index contributed by atoms with van der Waals surface area (Å²) in [5, 5.41) is 0.491. The summed E-state index contributed by atoms with van der Waals surface area (Å²) in [4.78, 5) is 17.8. The summed E-state index contributed by atoms with van der Waals surface area (Å²) in [5.74, 6) is 0.282. The van der Waals surface area contributed by atoms with Crippen LogP contribution in [0, 0.1) is 5.92 Å². The van der Waals surface area contributed by atoms with Crippen LogP contribution < -0.4 is 0 Å². The van der Waals surface area contributed by atoms with E-state index in [4.69, 9.17) is 21.1 Å². The van der Waals surface area contributed by atoms with Crippen LogP contribution >= 0.6 is 11.6 Å². The highest BCUT2D eigenvalue weighted by molar-refractivity contribution is 7.89. The molecule has 3 saturated heterocycles. The summed E-state index contributed by atoms with van der Waals surface area (Å²) in [6, 6.07) is 5.89. The lowest BCUT2D eigenvalue weighted by Gasteiger charge is -2.45. The highest BCUT2D eigenvalue weighted by atomic mass is 35.5. The molecule has 2 saturated carbocycles. The summed E-state index contributed by atoms with van der Waals surface area (Å²) in [6.45, 7) is 2.32. The Balaban J connectivity index is 1.29. The van der Waals surface area contributed by atoms with Gasteiger partial charge in [-0.25, -0.2) is 13.2 Å². The van der Waals surface area contributed by atoms with Crippen molar-refractivity contribution in [3.05, 3.63) is 29.3 Å². The van der Waals surface area contributed by atoms with Crippen molar-refractivity contribution in [2.45, 2.75) is 73.2 Å². The SMILES string of the molecule is CN1CC2CCC(C1)N2C(=O)OC1([C@H]2COC[C@@H](C3CC3)N2S(=O)(=O)c2ccc(Cl)cc2)CC1. The fraction of sp³-hybridized carbons (Fsp3) is 0.708. The van der Waals surface area contributed by atoms with E-state index in [2.05, 4.69) is 11.9 Å². The van der Waals surface area contributed by atoms with Gasteiger partial charge in [0.05, 0.1) is 30.2 Å². The summed E-state index contributed by atoms with van der Waals surface area (Å²) in [5.41, 5.74) is -0.826. The molecule has 0 radical (unpaired) electrons. The Morgan fingerprint density at radius 3 is 2.29 bits per heavy atom. The first kappa shape index (κ1) is 23.0. The minimum atomic E-state index is -3.82. The molecule has 2 bridgehead atoms. The number of fused-ring (bicyclic) bond motifs is 2. The van der Waals surface area contributed by atoms with Crippen LogP contribution in [0.1, 0.15) is 38.5 Å². The van der Waals surface area contributed by atoms with Crippen molar-refractivity contribution in [1.82, 2.24) is 14.1 Å². The van der Waals surface area contributed by atoms with E-state index in [0.29, 0.717) is 24.5 Å². The van der Waals surface area contributed by atoms with Crippen LogP contribution in [0.2, 0.25) is 5.02 Å². The van der Waals surface area contributed by atoms with Gasteiger partial charge in [-0.1, -0.05) is 11.6 Å². The number of ether oxygens (including phenoxy) is 2. The molecule has 3 aliphatic heterocycles. The van der Waals surface area contributed by atoms with Gasteiger partial charge in [-0.3, -0.25) is 4.90 Å². The van der Waals surface area contributed by atoms with Crippen molar-refractivity contribution >= 4 is 27.7 Å². The van der Waals surface area contributed by atoms with Crippen molar-refractivity contribution in [2.75, 3.05) is 33.4 Å². The summed E-state index contributed by atoms with van der Waals surface area (Å²) in [7, 11) is -1.73. The Morgan fingerprint density at radius 1 is 1.06 bits per heavy atom. The number of halogens is 1. The molecule has 5 fully saturated rings. The number of benzene rings is 1. The van der Waals surface area contributed by atoms with Crippen molar-refractivity contribution in [3.63, 3.8) is 0 Å². The molecule has 34 heavy (non-hydrogen) atoms. The van der Waals surface area contributed by atoms with Gasteiger partial charge in [0.15, 0.2) is 0 Å².